The van der Waals surface area contributed by atoms with Gasteiger partial charge in [0.25, 0.3) is 0 Å². The minimum atomic E-state index is -0.254. The van der Waals surface area contributed by atoms with Crippen LogP contribution >= 0.6 is 0 Å². The summed E-state index contributed by atoms with van der Waals surface area (Å²) in [7, 11) is 0. The zero-order valence-electron chi connectivity index (χ0n) is 9.11. The van der Waals surface area contributed by atoms with Crippen molar-refractivity contribution in [1.29, 1.82) is 5.26 Å². The maximum Gasteiger partial charge on any atom is 0.145 e. The van der Waals surface area contributed by atoms with E-state index in [1.165, 1.54) is 18.5 Å². The van der Waals surface area contributed by atoms with Crippen LogP contribution in [0.4, 0.5) is 15.9 Å². The summed E-state index contributed by atoms with van der Waals surface area (Å²) in [5.41, 5.74) is 1.54. The van der Waals surface area contributed by atoms with Crippen molar-refractivity contribution in [3.63, 3.8) is 0 Å². The Hall–Kier alpha value is -2.48. The molecule has 0 aliphatic heterocycles. The number of aryl methyl sites for hydroxylation is 1. The highest BCUT2D eigenvalue weighted by atomic mass is 19.1. The van der Waals surface area contributed by atoms with Gasteiger partial charge in [0, 0.05) is 11.8 Å². The van der Waals surface area contributed by atoms with Crippen molar-refractivity contribution in [2.75, 3.05) is 5.32 Å². The molecule has 2 aromatic rings. The minimum absolute atomic E-state index is 0.254. The highest BCUT2D eigenvalue weighted by Crippen LogP contribution is 2.17. The number of aromatic nitrogens is 2. The molecule has 1 N–H and O–H groups in total. The third-order valence-corrected chi connectivity index (χ3v) is 2.21. The van der Waals surface area contributed by atoms with E-state index in [1.54, 1.807) is 19.1 Å². The number of nitrogens with zero attached hydrogens (tertiary/aromatic N) is 3. The Balaban J connectivity index is 2.25. The van der Waals surface area contributed by atoms with Crippen LogP contribution in [0, 0.1) is 24.1 Å². The Morgan fingerprint density at radius 2 is 2.12 bits per heavy atom. The lowest BCUT2D eigenvalue weighted by atomic mass is 10.2. The van der Waals surface area contributed by atoms with Gasteiger partial charge in [-0.15, -0.1) is 0 Å². The molecular weight excluding hydrogens is 219 g/mol. The third-order valence-electron chi connectivity index (χ3n) is 2.21. The van der Waals surface area contributed by atoms with Crippen LogP contribution in [0.25, 0.3) is 0 Å². The smallest absolute Gasteiger partial charge is 0.145 e. The second-order valence-corrected chi connectivity index (χ2v) is 3.49. The van der Waals surface area contributed by atoms with Crippen LogP contribution in [-0.4, -0.2) is 9.97 Å². The SMILES string of the molecule is Cc1cc(Nc2cc(C#N)ncn2)ccc1F. The van der Waals surface area contributed by atoms with Gasteiger partial charge < -0.3 is 5.32 Å². The standard InChI is InChI=1S/C12H9FN4/c1-8-4-9(2-3-11(8)13)17-12-5-10(6-14)15-7-16-12/h2-5,7H,1H3,(H,15,16,17). The maximum atomic E-state index is 13.1. The molecule has 1 aromatic heterocycles. The molecule has 0 spiro atoms. The molecule has 0 aliphatic carbocycles. The van der Waals surface area contributed by atoms with Gasteiger partial charge in [-0.05, 0) is 30.7 Å². The van der Waals surface area contributed by atoms with Gasteiger partial charge >= 0.3 is 0 Å². The zero-order valence-corrected chi connectivity index (χ0v) is 9.11. The lowest BCUT2D eigenvalue weighted by molar-refractivity contribution is 0.619. The molecule has 0 saturated carbocycles. The van der Waals surface area contributed by atoms with Crippen molar-refractivity contribution in [2.45, 2.75) is 6.92 Å². The van der Waals surface area contributed by atoms with Crippen LogP contribution in [0.3, 0.4) is 0 Å². The summed E-state index contributed by atoms with van der Waals surface area (Å²) in [5.74, 6) is 0.249. The van der Waals surface area contributed by atoms with Crippen molar-refractivity contribution in [3.05, 3.63) is 47.7 Å². The van der Waals surface area contributed by atoms with Gasteiger partial charge in [-0.1, -0.05) is 0 Å². The van der Waals surface area contributed by atoms with Gasteiger partial charge in [-0.2, -0.15) is 5.26 Å². The molecule has 0 atom stereocenters. The summed E-state index contributed by atoms with van der Waals surface area (Å²) in [6.45, 7) is 1.68. The van der Waals surface area contributed by atoms with Crippen LogP contribution in [0.1, 0.15) is 11.3 Å². The zero-order chi connectivity index (χ0) is 12.3. The first kappa shape index (κ1) is 11.0. The van der Waals surface area contributed by atoms with Crippen LogP contribution in [0.2, 0.25) is 0 Å². The Morgan fingerprint density at radius 1 is 1.29 bits per heavy atom. The lowest BCUT2D eigenvalue weighted by Crippen LogP contribution is -1.96. The van der Waals surface area contributed by atoms with Crippen molar-refractivity contribution >= 4 is 11.5 Å². The van der Waals surface area contributed by atoms with Crippen LogP contribution in [-0.2, 0) is 0 Å². The normalized spacial score (nSPS) is 9.71. The summed E-state index contributed by atoms with van der Waals surface area (Å²) in [6.07, 6.45) is 1.30. The molecule has 0 fully saturated rings. The predicted octanol–water partition coefficient (Wildman–Crippen LogP) is 2.54. The van der Waals surface area contributed by atoms with E-state index >= 15 is 0 Å². The van der Waals surface area contributed by atoms with Gasteiger partial charge in [-0.25, -0.2) is 14.4 Å². The Bertz CT molecular complexity index is 589. The molecular formula is C12H9FN4. The lowest BCUT2D eigenvalue weighted by Gasteiger charge is -2.06. The molecule has 1 heterocycles. The Morgan fingerprint density at radius 3 is 2.82 bits per heavy atom. The molecule has 0 radical (unpaired) electrons. The third kappa shape index (κ3) is 2.55. The largest absolute Gasteiger partial charge is 0.340 e. The van der Waals surface area contributed by atoms with E-state index in [2.05, 4.69) is 15.3 Å². The molecule has 0 aliphatic rings. The Labute approximate surface area is 97.8 Å². The summed E-state index contributed by atoms with van der Waals surface area (Å²) < 4.78 is 13.1. The van der Waals surface area contributed by atoms with E-state index in [-0.39, 0.29) is 11.5 Å². The van der Waals surface area contributed by atoms with Crippen LogP contribution < -0.4 is 5.32 Å². The molecule has 0 unspecified atom stereocenters. The summed E-state index contributed by atoms with van der Waals surface area (Å²) in [5, 5.41) is 11.7. The van der Waals surface area contributed by atoms with Gasteiger partial charge in [0.1, 0.15) is 29.7 Å². The summed E-state index contributed by atoms with van der Waals surface area (Å²) in [4.78, 5) is 7.73. The molecule has 1 aromatic carbocycles. The van der Waals surface area contributed by atoms with Gasteiger partial charge in [-0.3, -0.25) is 0 Å². The van der Waals surface area contributed by atoms with Gasteiger partial charge in [0.05, 0.1) is 0 Å². The van der Waals surface area contributed by atoms with Crippen molar-refractivity contribution in [3.8, 4) is 6.07 Å². The van der Waals surface area contributed by atoms with Crippen molar-refractivity contribution in [1.82, 2.24) is 9.97 Å². The highest BCUT2D eigenvalue weighted by Gasteiger charge is 2.01. The number of hydrogen-bond donors (Lipinski definition) is 1. The second kappa shape index (κ2) is 4.58. The van der Waals surface area contributed by atoms with Gasteiger partial charge in [0.15, 0.2) is 0 Å². The average Bonchev–Trinajstić information content (AvgIpc) is 2.34. The number of anilines is 2. The quantitative estimate of drug-likeness (QED) is 0.857. The van der Waals surface area contributed by atoms with Crippen molar-refractivity contribution < 1.29 is 4.39 Å². The van der Waals surface area contributed by atoms with Crippen LogP contribution in [0.5, 0.6) is 0 Å². The molecule has 0 saturated heterocycles. The first-order valence-corrected chi connectivity index (χ1v) is 4.94. The number of nitriles is 1. The van der Waals surface area contributed by atoms with Crippen molar-refractivity contribution in [2.24, 2.45) is 0 Å². The van der Waals surface area contributed by atoms with E-state index in [0.29, 0.717) is 17.1 Å². The molecule has 0 bridgehead atoms. The Kier molecular flexibility index (Phi) is 2.97. The van der Waals surface area contributed by atoms with E-state index < -0.39 is 0 Å². The molecule has 4 nitrogen and oxygen atoms in total. The number of hydrogen-bond acceptors (Lipinski definition) is 4. The van der Waals surface area contributed by atoms with E-state index in [1.807, 2.05) is 6.07 Å². The fourth-order valence-corrected chi connectivity index (χ4v) is 1.36. The highest BCUT2D eigenvalue weighted by molar-refractivity contribution is 5.57. The first-order valence-electron chi connectivity index (χ1n) is 4.94. The number of halogens is 1. The minimum Gasteiger partial charge on any atom is -0.340 e. The summed E-state index contributed by atoms with van der Waals surface area (Å²) in [6, 6.07) is 8.11. The monoisotopic (exact) mass is 228 g/mol. The predicted molar refractivity (Wildman–Crippen MR) is 61.2 cm³/mol. The topological polar surface area (TPSA) is 61.6 Å². The molecule has 2 rings (SSSR count). The van der Waals surface area contributed by atoms with Crippen LogP contribution in [0.15, 0.2) is 30.6 Å². The molecule has 84 valence electrons. The summed E-state index contributed by atoms with van der Waals surface area (Å²) >= 11 is 0. The van der Waals surface area contributed by atoms with E-state index in [4.69, 9.17) is 5.26 Å². The maximum absolute atomic E-state index is 13.1. The number of rotatable bonds is 2. The molecule has 0 amide bonds. The first-order chi connectivity index (χ1) is 8.19. The van der Waals surface area contributed by atoms with Gasteiger partial charge in [0.2, 0.25) is 0 Å². The number of benzene rings is 1. The fraction of sp³-hybridized carbons (Fsp3) is 0.0833. The number of nitrogens with one attached hydrogen (secondary N) is 1. The van der Waals surface area contributed by atoms with E-state index in [0.717, 1.165) is 0 Å². The fourth-order valence-electron chi connectivity index (χ4n) is 1.36. The average molecular weight is 228 g/mol. The van der Waals surface area contributed by atoms with E-state index in [9.17, 15) is 4.39 Å². The second-order valence-electron chi connectivity index (χ2n) is 3.49. The molecule has 17 heavy (non-hydrogen) atoms. The molecule has 5 heteroatoms.